The van der Waals surface area contributed by atoms with E-state index in [-0.39, 0.29) is 0 Å². The first-order valence-corrected chi connectivity index (χ1v) is 8.18. The molecule has 0 aromatic heterocycles. The molecule has 20 heavy (non-hydrogen) atoms. The van der Waals surface area contributed by atoms with Crippen LogP contribution in [0.2, 0.25) is 0 Å². The SMILES string of the molecule is CC(C)NC(C)(C#N)CCN1CCCN2CCCC2C1. The van der Waals surface area contributed by atoms with Gasteiger partial charge < -0.3 is 4.90 Å². The molecule has 0 bridgehead atoms. The van der Waals surface area contributed by atoms with Crippen molar-refractivity contribution in [1.29, 1.82) is 5.26 Å². The number of hydrogen-bond donors (Lipinski definition) is 1. The van der Waals surface area contributed by atoms with Gasteiger partial charge in [-0.25, -0.2) is 0 Å². The number of hydrogen-bond acceptors (Lipinski definition) is 4. The maximum absolute atomic E-state index is 9.43. The molecule has 2 aliphatic heterocycles. The third kappa shape index (κ3) is 4.18. The van der Waals surface area contributed by atoms with Gasteiger partial charge in [0.05, 0.1) is 6.07 Å². The van der Waals surface area contributed by atoms with E-state index in [1.54, 1.807) is 0 Å². The summed E-state index contributed by atoms with van der Waals surface area (Å²) in [7, 11) is 0. The highest BCUT2D eigenvalue weighted by Crippen LogP contribution is 2.22. The zero-order chi connectivity index (χ0) is 14.6. The molecule has 0 aromatic carbocycles. The molecule has 2 atom stereocenters. The Kier molecular flexibility index (Phi) is 5.42. The van der Waals surface area contributed by atoms with Crippen LogP contribution in [-0.2, 0) is 0 Å². The summed E-state index contributed by atoms with van der Waals surface area (Å²) >= 11 is 0. The van der Waals surface area contributed by atoms with Crippen molar-refractivity contribution in [2.24, 2.45) is 0 Å². The Hall–Kier alpha value is -0.630. The average Bonchev–Trinajstić information content (AvgIpc) is 2.74. The van der Waals surface area contributed by atoms with Gasteiger partial charge >= 0.3 is 0 Å². The zero-order valence-electron chi connectivity index (χ0n) is 13.4. The van der Waals surface area contributed by atoms with Crippen molar-refractivity contribution in [3.8, 4) is 6.07 Å². The van der Waals surface area contributed by atoms with Crippen LogP contribution in [0, 0.1) is 11.3 Å². The van der Waals surface area contributed by atoms with Gasteiger partial charge in [-0.05, 0) is 66.1 Å². The van der Waals surface area contributed by atoms with Crippen LogP contribution in [0.4, 0.5) is 0 Å². The van der Waals surface area contributed by atoms with Crippen molar-refractivity contribution >= 4 is 0 Å². The lowest BCUT2D eigenvalue weighted by Gasteiger charge is -2.30. The standard InChI is InChI=1S/C16H30N4/c1-14(2)18-16(3,13-17)7-11-19-8-5-10-20-9-4-6-15(20)12-19/h14-15,18H,4-12H2,1-3H3. The van der Waals surface area contributed by atoms with Crippen LogP contribution in [0.5, 0.6) is 0 Å². The number of nitrogens with zero attached hydrogens (tertiary/aromatic N) is 3. The molecule has 0 amide bonds. The molecule has 0 radical (unpaired) electrons. The number of fused-ring (bicyclic) bond motifs is 1. The maximum atomic E-state index is 9.43. The minimum atomic E-state index is -0.393. The quantitative estimate of drug-likeness (QED) is 0.833. The van der Waals surface area contributed by atoms with E-state index >= 15 is 0 Å². The molecule has 2 fully saturated rings. The van der Waals surface area contributed by atoms with Gasteiger partial charge in [0.2, 0.25) is 0 Å². The molecule has 2 rings (SSSR count). The Morgan fingerprint density at radius 3 is 2.75 bits per heavy atom. The molecule has 2 heterocycles. The molecule has 0 spiro atoms. The lowest BCUT2D eigenvalue weighted by atomic mass is 9.98. The Morgan fingerprint density at radius 1 is 1.30 bits per heavy atom. The van der Waals surface area contributed by atoms with Crippen LogP contribution in [-0.4, -0.2) is 60.1 Å². The van der Waals surface area contributed by atoms with E-state index < -0.39 is 5.54 Å². The first-order chi connectivity index (χ1) is 9.52. The van der Waals surface area contributed by atoms with E-state index in [9.17, 15) is 5.26 Å². The van der Waals surface area contributed by atoms with E-state index in [0.717, 1.165) is 19.0 Å². The monoisotopic (exact) mass is 278 g/mol. The van der Waals surface area contributed by atoms with Crippen LogP contribution in [0.1, 0.15) is 46.5 Å². The van der Waals surface area contributed by atoms with Gasteiger partial charge in [-0.2, -0.15) is 5.26 Å². The minimum absolute atomic E-state index is 0.356. The highest BCUT2D eigenvalue weighted by Gasteiger charge is 2.30. The molecule has 0 saturated carbocycles. The van der Waals surface area contributed by atoms with Crippen molar-refractivity contribution in [2.45, 2.75) is 64.1 Å². The molecule has 0 aliphatic carbocycles. The van der Waals surface area contributed by atoms with E-state index in [4.69, 9.17) is 0 Å². The van der Waals surface area contributed by atoms with Gasteiger partial charge in [0.25, 0.3) is 0 Å². The van der Waals surface area contributed by atoms with E-state index in [1.165, 1.54) is 45.4 Å². The lowest BCUT2D eigenvalue weighted by Crippen LogP contribution is -2.47. The van der Waals surface area contributed by atoms with E-state index in [1.807, 2.05) is 6.92 Å². The van der Waals surface area contributed by atoms with Gasteiger partial charge in [-0.1, -0.05) is 0 Å². The summed E-state index contributed by atoms with van der Waals surface area (Å²) in [5, 5.41) is 12.8. The van der Waals surface area contributed by atoms with Crippen molar-refractivity contribution in [2.75, 3.05) is 32.7 Å². The molecule has 114 valence electrons. The second-order valence-electron chi connectivity index (χ2n) is 6.98. The second-order valence-corrected chi connectivity index (χ2v) is 6.98. The first-order valence-electron chi connectivity index (χ1n) is 8.18. The molecular formula is C16H30N4. The van der Waals surface area contributed by atoms with Crippen LogP contribution in [0.25, 0.3) is 0 Å². The Labute approximate surface area is 124 Å². The Balaban J connectivity index is 1.84. The second kappa shape index (κ2) is 6.89. The van der Waals surface area contributed by atoms with Crippen molar-refractivity contribution < 1.29 is 0 Å². The smallest absolute Gasteiger partial charge is 0.105 e. The van der Waals surface area contributed by atoms with Gasteiger partial charge in [-0.3, -0.25) is 10.2 Å². The summed E-state index contributed by atoms with van der Waals surface area (Å²) in [6.45, 7) is 12.2. The summed E-state index contributed by atoms with van der Waals surface area (Å²) in [4.78, 5) is 5.24. The molecule has 1 N–H and O–H groups in total. The Bertz CT molecular complexity index is 349. The highest BCUT2D eigenvalue weighted by atomic mass is 15.3. The van der Waals surface area contributed by atoms with E-state index in [2.05, 4.69) is 35.0 Å². The molecular weight excluding hydrogens is 248 g/mol. The summed E-state index contributed by atoms with van der Waals surface area (Å²) in [5.41, 5.74) is -0.393. The third-order valence-corrected chi connectivity index (χ3v) is 4.67. The molecule has 4 nitrogen and oxygen atoms in total. The topological polar surface area (TPSA) is 42.3 Å². The first kappa shape index (κ1) is 15.8. The summed E-state index contributed by atoms with van der Waals surface area (Å²) in [6, 6.07) is 3.59. The largest absolute Gasteiger partial charge is 0.302 e. The molecule has 2 saturated heterocycles. The predicted molar refractivity (Wildman–Crippen MR) is 82.6 cm³/mol. The van der Waals surface area contributed by atoms with Crippen molar-refractivity contribution in [3.63, 3.8) is 0 Å². The molecule has 4 heteroatoms. The molecule has 2 aliphatic rings. The van der Waals surface area contributed by atoms with Crippen molar-refractivity contribution in [1.82, 2.24) is 15.1 Å². The molecule has 0 aromatic rings. The third-order valence-electron chi connectivity index (χ3n) is 4.67. The molecule has 2 unspecified atom stereocenters. The number of nitriles is 1. The van der Waals surface area contributed by atoms with Crippen LogP contribution < -0.4 is 5.32 Å². The Morgan fingerprint density at radius 2 is 2.05 bits per heavy atom. The van der Waals surface area contributed by atoms with Gasteiger partial charge in [-0.15, -0.1) is 0 Å². The normalized spacial score (nSPS) is 27.9. The number of rotatable bonds is 5. The maximum Gasteiger partial charge on any atom is 0.105 e. The predicted octanol–water partition coefficient (Wildman–Crippen LogP) is 1.83. The lowest BCUT2D eigenvalue weighted by molar-refractivity contribution is 0.206. The zero-order valence-corrected chi connectivity index (χ0v) is 13.4. The van der Waals surface area contributed by atoms with Crippen LogP contribution in [0.15, 0.2) is 0 Å². The highest BCUT2D eigenvalue weighted by molar-refractivity contribution is 5.05. The van der Waals surface area contributed by atoms with Gasteiger partial charge in [0, 0.05) is 25.2 Å². The average molecular weight is 278 g/mol. The fourth-order valence-electron chi connectivity index (χ4n) is 3.67. The van der Waals surface area contributed by atoms with E-state index in [0.29, 0.717) is 6.04 Å². The minimum Gasteiger partial charge on any atom is -0.302 e. The fraction of sp³-hybridized carbons (Fsp3) is 0.938. The van der Waals surface area contributed by atoms with Crippen molar-refractivity contribution in [3.05, 3.63) is 0 Å². The summed E-state index contributed by atoms with van der Waals surface area (Å²) in [5.74, 6) is 0. The summed E-state index contributed by atoms with van der Waals surface area (Å²) < 4.78 is 0. The van der Waals surface area contributed by atoms with Gasteiger partial charge in [0.15, 0.2) is 0 Å². The van der Waals surface area contributed by atoms with Crippen LogP contribution >= 0.6 is 0 Å². The number of nitrogens with one attached hydrogen (secondary N) is 1. The fourth-order valence-corrected chi connectivity index (χ4v) is 3.67. The summed E-state index contributed by atoms with van der Waals surface area (Å²) in [6.07, 6.45) is 4.91. The van der Waals surface area contributed by atoms with Crippen LogP contribution in [0.3, 0.4) is 0 Å². The van der Waals surface area contributed by atoms with Gasteiger partial charge in [0.1, 0.15) is 5.54 Å².